The Morgan fingerprint density at radius 3 is 2.70 bits per heavy atom. The van der Waals surface area contributed by atoms with Gasteiger partial charge in [0.15, 0.2) is 0 Å². The first-order chi connectivity index (χ1) is 9.67. The van der Waals surface area contributed by atoms with Crippen molar-refractivity contribution in [1.82, 2.24) is 4.90 Å². The molecule has 1 unspecified atom stereocenters. The van der Waals surface area contributed by atoms with Crippen LogP contribution < -0.4 is 4.74 Å². The monoisotopic (exact) mass is 277 g/mol. The number of ether oxygens (including phenoxy) is 2. The van der Waals surface area contributed by atoms with Crippen LogP contribution in [0.4, 0.5) is 0 Å². The fourth-order valence-electron chi connectivity index (χ4n) is 2.42. The van der Waals surface area contributed by atoms with Gasteiger partial charge in [0.25, 0.3) is 5.91 Å². The topological polar surface area (TPSA) is 38.8 Å². The molecule has 4 heteroatoms. The van der Waals surface area contributed by atoms with Crippen molar-refractivity contribution in [2.75, 3.05) is 33.4 Å². The highest BCUT2D eigenvalue weighted by molar-refractivity contribution is 5.94. The van der Waals surface area contributed by atoms with Gasteiger partial charge in [0.1, 0.15) is 5.75 Å². The van der Waals surface area contributed by atoms with E-state index in [0.717, 1.165) is 17.7 Å². The molecule has 2 rings (SSSR count). The fraction of sp³-hybridized carbons (Fsp3) is 0.562. The summed E-state index contributed by atoms with van der Waals surface area (Å²) in [6, 6.07) is 5.78. The molecule has 1 heterocycles. The minimum Gasteiger partial charge on any atom is -0.496 e. The molecule has 0 aromatic heterocycles. The van der Waals surface area contributed by atoms with Gasteiger partial charge in [-0.25, -0.2) is 0 Å². The van der Waals surface area contributed by atoms with Crippen LogP contribution in [0.25, 0.3) is 0 Å². The van der Waals surface area contributed by atoms with E-state index in [4.69, 9.17) is 9.47 Å². The summed E-state index contributed by atoms with van der Waals surface area (Å²) in [6.45, 7) is 6.88. The molecule has 1 aromatic rings. The lowest BCUT2D eigenvalue weighted by molar-refractivity contribution is 0.0302. The molecule has 1 saturated heterocycles. The first-order valence-corrected chi connectivity index (χ1v) is 7.22. The highest BCUT2D eigenvalue weighted by Gasteiger charge is 2.20. The van der Waals surface area contributed by atoms with Crippen molar-refractivity contribution in [2.24, 2.45) is 0 Å². The Labute approximate surface area is 120 Å². The summed E-state index contributed by atoms with van der Waals surface area (Å²) in [6.07, 6.45) is 1.05. The zero-order valence-electron chi connectivity index (χ0n) is 12.5. The molecule has 0 aliphatic carbocycles. The second-order valence-corrected chi connectivity index (χ2v) is 5.17. The zero-order valence-corrected chi connectivity index (χ0v) is 12.5. The van der Waals surface area contributed by atoms with Crippen molar-refractivity contribution >= 4 is 5.91 Å². The summed E-state index contributed by atoms with van der Waals surface area (Å²) < 4.78 is 10.7. The van der Waals surface area contributed by atoms with Crippen molar-refractivity contribution in [1.29, 1.82) is 0 Å². The molecule has 1 amide bonds. The largest absolute Gasteiger partial charge is 0.496 e. The lowest BCUT2D eigenvalue weighted by atomic mass is 9.96. The van der Waals surface area contributed by atoms with Crippen LogP contribution in [0.5, 0.6) is 5.75 Å². The molecule has 1 atom stereocenters. The van der Waals surface area contributed by atoms with E-state index in [-0.39, 0.29) is 5.91 Å². The maximum absolute atomic E-state index is 12.4. The van der Waals surface area contributed by atoms with Gasteiger partial charge in [0.05, 0.1) is 20.3 Å². The molecular weight excluding hydrogens is 254 g/mol. The number of benzene rings is 1. The average Bonchev–Trinajstić information content (AvgIpc) is 2.53. The molecule has 1 aromatic carbocycles. The van der Waals surface area contributed by atoms with E-state index >= 15 is 0 Å². The van der Waals surface area contributed by atoms with Crippen LogP contribution >= 0.6 is 0 Å². The number of carbonyl (C=O) groups is 1. The summed E-state index contributed by atoms with van der Waals surface area (Å²) in [5.41, 5.74) is 1.85. The summed E-state index contributed by atoms with van der Waals surface area (Å²) in [4.78, 5) is 14.3. The smallest absolute Gasteiger partial charge is 0.254 e. The lowest BCUT2D eigenvalue weighted by Gasteiger charge is -2.27. The minimum absolute atomic E-state index is 0.0577. The Kier molecular flexibility index (Phi) is 5.01. The third kappa shape index (κ3) is 3.12. The second-order valence-electron chi connectivity index (χ2n) is 5.17. The molecule has 0 bridgehead atoms. The Hall–Kier alpha value is -1.55. The van der Waals surface area contributed by atoms with Gasteiger partial charge in [-0.3, -0.25) is 4.79 Å². The molecule has 20 heavy (non-hydrogen) atoms. The molecule has 0 saturated carbocycles. The van der Waals surface area contributed by atoms with E-state index in [9.17, 15) is 4.79 Å². The normalized spacial score (nSPS) is 16.9. The quantitative estimate of drug-likeness (QED) is 0.849. The first kappa shape index (κ1) is 14.9. The van der Waals surface area contributed by atoms with Gasteiger partial charge in [-0.2, -0.15) is 0 Å². The van der Waals surface area contributed by atoms with Crippen LogP contribution in [0.3, 0.4) is 0 Å². The molecule has 4 nitrogen and oxygen atoms in total. The molecule has 110 valence electrons. The van der Waals surface area contributed by atoms with E-state index in [1.165, 1.54) is 0 Å². The number of methoxy groups -OCH3 is 1. The van der Waals surface area contributed by atoms with Crippen LogP contribution in [0.1, 0.15) is 42.1 Å². The van der Waals surface area contributed by atoms with E-state index in [2.05, 4.69) is 13.8 Å². The van der Waals surface area contributed by atoms with Crippen molar-refractivity contribution in [3.8, 4) is 5.75 Å². The Balaban J connectivity index is 2.22. The summed E-state index contributed by atoms with van der Waals surface area (Å²) in [5.74, 6) is 1.29. The van der Waals surface area contributed by atoms with Crippen molar-refractivity contribution in [3.05, 3.63) is 29.3 Å². The number of morpholine rings is 1. The summed E-state index contributed by atoms with van der Waals surface area (Å²) in [7, 11) is 1.66. The highest BCUT2D eigenvalue weighted by Crippen LogP contribution is 2.30. The molecule has 0 radical (unpaired) electrons. The molecule has 1 fully saturated rings. The number of hydrogen-bond acceptors (Lipinski definition) is 3. The fourth-order valence-corrected chi connectivity index (χ4v) is 2.42. The van der Waals surface area contributed by atoms with Crippen LogP contribution in [-0.2, 0) is 4.74 Å². The number of amides is 1. The van der Waals surface area contributed by atoms with Crippen LogP contribution in [0, 0.1) is 0 Å². The molecule has 0 spiro atoms. The highest BCUT2D eigenvalue weighted by atomic mass is 16.5. The zero-order chi connectivity index (χ0) is 14.5. The summed E-state index contributed by atoms with van der Waals surface area (Å²) in [5, 5.41) is 0. The predicted octanol–water partition coefficient (Wildman–Crippen LogP) is 2.68. The van der Waals surface area contributed by atoms with Crippen molar-refractivity contribution in [3.63, 3.8) is 0 Å². The molecule has 1 aliphatic rings. The average molecular weight is 277 g/mol. The van der Waals surface area contributed by atoms with Crippen LogP contribution in [0.2, 0.25) is 0 Å². The first-order valence-electron chi connectivity index (χ1n) is 7.22. The van der Waals surface area contributed by atoms with Crippen LogP contribution in [-0.4, -0.2) is 44.2 Å². The van der Waals surface area contributed by atoms with Crippen molar-refractivity contribution < 1.29 is 14.3 Å². The SMILES string of the molecule is CCC(C)c1ccc(C(=O)N2CCOCC2)cc1OC. The Bertz CT molecular complexity index is 467. The molecule has 1 aliphatic heterocycles. The Morgan fingerprint density at radius 2 is 2.10 bits per heavy atom. The van der Waals surface area contributed by atoms with Gasteiger partial charge in [-0.1, -0.05) is 19.9 Å². The van der Waals surface area contributed by atoms with Gasteiger partial charge < -0.3 is 14.4 Å². The second kappa shape index (κ2) is 6.75. The third-order valence-electron chi connectivity index (χ3n) is 3.92. The maximum atomic E-state index is 12.4. The van der Waals surface area contributed by atoms with Gasteiger partial charge in [0.2, 0.25) is 0 Å². The van der Waals surface area contributed by atoms with Gasteiger partial charge in [-0.05, 0) is 30.0 Å². The van der Waals surface area contributed by atoms with Gasteiger partial charge in [0, 0.05) is 18.7 Å². The number of carbonyl (C=O) groups excluding carboxylic acids is 1. The van der Waals surface area contributed by atoms with Gasteiger partial charge >= 0.3 is 0 Å². The molecular formula is C16H23NO3. The van der Waals surface area contributed by atoms with Gasteiger partial charge in [-0.15, -0.1) is 0 Å². The van der Waals surface area contributed by atoms with Crippen molar-refractivity contribution in [2.45, 2.75) is 26.2 Å². The van der Waals surface area contributed by atoms with E-state index < -0.39 is 0 Å². The molecule has 0 N–H and O–H groups in total. The van der Waals surface area contributed by atoms with E-state index in [1.807, 2.05) is 23.1 Å². The number of rotatable bonds is 4. The Morgan fingerprint density at radius 1 is 1.40 bits per heavy atom. The minimum atomic E-state index is 0.0577. The van der Waals surface area contributed by atoms with Crippen LogP contribution in [0.15, 0.2) is 18.2 Å². The third-order valence-corrected chi connectivity index (χ3v) is 3.92. The summed E-state index contributed by atoms with van der Waals surface area (Å²) >= 11 is 0. The maximum Gasteiger partial charge on any atom is 0.254 e. The lowest BCUT2D eigenvalue weighted by Crippen LogP contribution is -2.40. The number of hydrogen-bond donors (Lipinski definition) is 0. The standard InChI is InChI=1S/C16H23NO3/c1-4-12(2)14-6-5-13(11-15(14)19-3)16(18)17-7-9-20-10-8-17/h5-6,11-12H,4,7-10H2,1-3H3. The predicted molar refractivity (Wildman–Crippen MR) is 78.4 cm³/mol. The number of nitrogens with zero attached hydrogens (tertiary/aromatic N) is 1. The van der Waals surface area contributed by atoms with E-state index in [1.54, 1.807) is 7.11 Å². The van der Waals surface area contributed by atoms with E-state index in [0.29, 0.717) is 37.8 Å².